The molecule has 2 aromatic rings. The third-order valence-corrected chi connectivity index (χ3v) is 6.29. The number of methoxy groups -OCH3 is 2. The molecule has 0 bridgehead atoms. The van der Waals surface area contributed by atoms with Gasteiger partial charge in [0.1, 0.15) is 0 Å². The molecular weight excluding hydrogens is 518 g/mol. The van der Waals surface area contributed by atoms with Gasteiger partial charge in [-0.15, -0.1) is 0 Å². The van der Waals surface area contributed by atoms with Gasteiger partial charge >= 0.3 is 24.3 Å². The van der Waals surface area contributed by atoms with E-state index in [9.17, 15) is 35.9 Å². The third kappa shape index (κ3) is 7.78. The van der Waals surface area contributed by atoms with E-state index in [-0.39, 0.29) is 28.4 Å². The maximum Gasteiger partial charge on any atom is 0.416 e. The smallest absolute Gasteiger partial charge is 0.416 e. The normalized spacial score (nSPS) is 14.3. The Balaban J connectivity index is 0.000000281. The number of nitrogens with two attached hydrogens (primary N) is 1. The molecule has 1 aliphatic rings. The van der Waals surface area contributed by atoms with Gasteiger partial charge in [-0.05, 0) is 62.1 Å². The number of anilines is 2. The first-order valence-electron chi connectivity index (χ1n) is 11.7. The summed E-state index contributed by atoms with van der Waals surface area (Å²) < 4.78 is 85.4. The standard InChI is InChI=1S/C16H20F3NO2.C10H10F3NO2/c1-10-13(15(21)22-2)8-11(16(17,18)19)9-14(10)20-12-6-4-3-5-7-12;1-5-7(9(15)16-2)3-6(4-8(5)14)10(11,12)13/h8-9,12,20H,3-7H2,1-2H3;3-4H,14H2,1-2H3. The van der Waals surface area contributed by atoms with E-state index in [1.807, 2.05) is 0 Å². The molecule has 0 aromatic heterocycles. The van der Waals surface area contributed by atoms with Crippen LogP contribution in [0.25, 0.3) is 0 Å². The lowest BCUT2D eigenvalue weighted by Crippen LogP contribution is -2.23. The number of carbonyl (C=O) groups is 2. The Bertz CT molecular complexity index is 1160. The molecule has 0 spiro atoms. The molecule has 6 nitrogen and oxygen atoms in total. The molecule has 3 N–H and O–H groups in total. The summed E-state index contributed by atoms with van der Waals surface area (Å²) in [7, 11) is 2.26. The van der Waals surface area contributed by atoms with Crippen LogP contribution in [0.15, 0.2) is 24.3 Å². The Morgan fingerprint density at radius 3 is 1.68 bits per heavy atom. The van der Waals surface area contributed by atoms with Gasteiger partial charge in [-0.3, -0.25) is 0 Å². The van der Waals surface area contributed by atoms with Crippen LogP contribution in [-0.4, -0.2) is 32.2 Å². The number of rotatable bonds is 4. The number of hydrogen-bond donors (Lipinski definition) is 2. The van der Waals surface area contributed by atoms with Crippen LogP contribution in [0.3, 0.4) is 0 Å². The molecule has 38 heavy (non-hydrogen) atoms. The van der Waals surface area contributed by atoms with Crippen molar-refractivity contribution in [3.63, 3.8) is 0 Å². The summed E-state index contributed by atoms with van der Waals surface area (Å²) in [5, 5.41) is 3.17. The Labute approximate surface area is 216 Å². The van der Waals surface area contributed by atoms with Crippen LogP contribution in [0, 0.1) is 13.8 Å². The van der Waals surface area contributed by atoms with Crippen LogP contribution in [0.4, 0.5) is 37.7 Å². The quantitative estimate of drug-likeness (QED) is 0.245. The molecule has 0 amide bonds. The predicted octanol–water partition coefficient (Wildman–Crippen LogP) is 6.93. The van der Waals surface area contributed by atoms with Crippen LogP contribution in [0.2, 0.25) is 0 Å². The summed E-state index contributed by atoms with van der Waals surface area (Å²) in [5.74, 6) is -1.59. The van der Waals surface area contributed by atoms with Gasteiger partial charge in [0.15, 0.2) is 0 Å². The molecule has 0 radical (unpaired) electrons. The lowest BCUT2D eigenvalue weighted by Gasteiger charge is -2.26. The number of ether oxygens (including phenoxy) is 2. The van der Waals surface area contributed by atoms with Crippen LogP contribution in [0.1, 0.15) is 75.1 Å². The average Bonchev–Trinajstić information content (AvgIpc) is 2.85. The van der Waals surface area contributed by atoms with Gasteiger partial charge in [-0.1, -0.05) is 19.3 Å². The first kappa shape index (κ1) is 30.8. The molecule has 3 rings (SSSR count). The summed E-state index contributed by atoms with van der Waals surface area (Å²) in [6, 6.07) is 3.62. The average molecular weight is 549 g/mol. The van der Waals surface area contributed by atoms with Gasteiger partial charge in [0.2, 0.25) is 0 Å². The Morgan fingerprint density at radius 1 is 0.789 bits per heavy atom. The van der Waals surface area contributed by atoms with Gasteiger partial charge in [-0.2, -0.15) is 26.3 Å². The number of alkyl halides is 6. The Kier molecular flexibility index (Phi) is 10.0. The van der Waals surface area contributed by atoms with E-state index in [2.05, 4.69) is 14.8 Å². The monoisotopic (exact) mass is 548 g/mol. The second-order valence-corrected chi connectivity index (χ2v) is 8.89. The van der Waals surface area contributed by atoms with Crippen molar-refractivity contribution in [2.24, 2.45) is 0 Å². The molecule has 0 heterocycles. The van der Waals surface area contributed by atoms with E-state index in [0.717, 1.165) is 70.6 Å². The molecule has 2 aromatic carbocycles. The maximum atomic E-state index is 13.0. The van der Waals surface area contributed by atoms with Crippen LogP contribution < -0.4 is 11.1 Å². The topological polar surface area (TPSA) is 90.7 Å². The number of carbonyl (C=O) groups excluding carboxylic acids is 2. The first-order chi connectivity index (χ1) is 17.6. The molecule has 0 atom stereocenters. The van der Waals surface area contributed by atoms with Crippen LogP contribution in [0.5, 0.6) is 0 Å². The third-order valence-electron chi connectivity index (χ3n) is 6.29. The number of nitrogens with one attached hydrogen (secondary N) is 1. The second-order valence-electron chi connectivity index (χ2n) is 8.89. The minimum Gasteiger partial charge on any atom is -0.465 e. The molecule has 0 aliphatic heterocycles. The van der Waals surface area contributed by atoms with Gasteiger partial charge in [0.25, 0.3) is 0 Å². The highest BCUT2D eigenvalue weighted by Gasteiger charge is 2.34. The van der Waals surface area contributed by atoms with Crippen molar-refractivity contribution in [3.8, 4) is 0 Å². The molecule has 0 unspecified atom stereocenters. The number of hydrogen-bond acceptors (Lipinski definition) is 6. The van der Waals surface area contributed by atoms with E-state index < -0.39 is 35.4 Å². The molecular formula is C26H30F6N2O4. The van der Waals surface area contributed by atoms with Gasteiger partial charge < -0.3 is 20.5 Å². The minimum absolute atomic E-state index is 0.0457. The summed E-state index contributed by atoms with van der Waals surface area (Å²) in [6.45, 7) is 3.10. The fraction of sp³-hybridized carbons (Fsp3) is 0.462. The molecule has 1 fully saturated rings. The Hall–Kier alpha value is -3.44. The van der Waals surface area contributed by atoms with Crippen molar-refractivity contribution in [2.75, 3.05) is 25.3 Å². The molecule has 12 heteroatoms. The fourth-order valence-electron chi connectivity index (χ4n) is 4.04. The van der Waals surface area contributed by atoms with Gasteiger partial charge in [0.05, 0.1) is 36.5 Å². The fourth-order valence-corrected chi connectivity index (χ4v) is 4.04. The highest BCUT2D eigenvalue weighted by Crippen LogP contribution is 2.36. The predicted molar refractivity (Wildman–Crippen MR) is 130 cm³/mol. The van der Waals surface area contributed by atoms with Crippen molar-refractivity contribution < 1.29 is 45.4 Å². The van der Waals surface area contributed by atoms with E-state index >= 15 is 0 Å². The van der Waals surface area contributed by atoms with Crippen molar-refractivity contribution in [1.29, 1.82) is 0 Å². The van der Waals surface area contributed by atoms with Crippen molar-refractivity contribution in [2.45, 2.75) is 64.3 Å². The zero-order chi connectivity index (χ0) is 28.8. The van der Waals surface area contributed by atoms with E-state index in [1.54, 1.807) is 6.92 Å². The summed E-state index contributed by atoms with van der Waals surface area (Å²) >= 11 is 0. The summed E-state index contributed by atoms with van der Waals surface area (Å²) in [4.78, 5) is 23.0. The number of halogens is 6. The molecule has 210 valence electrons. The SMILES string of the molecule is COC(=O)c1cc(C(F)(F)F)cc(N)c1C.COC(=O)c1cc(C(F)(F)F)cc(NC2CCCCC2)c1C. The molecule has 1 saturated carbocycles. The van der Waals surface area contributed by atoms with E-state index in [1.165, 1.54) is 6.92 Å². The number of esters is 2. The van der Waals surface area contributed by atoms with Crippen molar-refractivity contribution in [3.05, 3.63) is 57.6 Å². The lowest BCUT2D eigenvalue weighted by atomic mass is 9.94. The van der Waals surface area contributed by atoms with E-state index in [4.69, 9.17) is 5.73 Å². The molecule has 1 aliphatic carbocycles. The second kappa shape index (κ2) is 12.4. The molecule has 0 saturated heterocycles. The number of nitrogen functional groups attached to an aromatic ring is 1. The summed E-state index contributed by atoms with van der Waals surface area (Å²) in [5.41, 5.74) is 4.43. The maximum absolute atomic E-state index is 13.0. The van der Waals surface area contributed by atoms with Gasteiger partial charge in [0, 0.05) is 17.4 Å². The van der Waals surface area contributed by atoms with Crippen molar-refractivity contribution >= 4 is 23.3 Å². The van der Waals surface area contributed by atoms with Crippen LogP contribution in [-0.2, 0) is 21.8 Å². The van der Waals surface area contributed by atoms with Crippen molar-refractivity contribution in [1.82, 2.24) is 0 Å². The highest BCUT2D eigenvalue weighted by molar-refractivity contribution is 5.93. The van der Waals surface area contributed by atoms with Gasteiger partial charge in [-0.25, -0.2) is 9.59 Å². The Morgan fingerprint density at radius 2 is 1.24 bits per heavy atom. The zero-order valence-corrected chi connectivity index (χ0v) is 21.4. The summed E-state index contributed by atoms with van der Waals surface area (Å²) in [6.07, 6.45) is -3.87. The largest absolute Gasteiger partial charge is 0.465 e. The van der Waals surface area contributed by atoms with E-state index in [0.29, 0.717) is 11.3 Å². The minimum atomic E-state index is -4.54. The van der Waals surface area contributed by atoms with Crippen LogP contribution >= 0.6 is 0 Å². The zero-order valence-electron chi connectivity index (χ0n) is 21.4. The number of benzene rings is 2. The first-order valence-corrected chi connectivity index (χ1v) is 11.7. The highest BCUT2D eigenvalue weighted by atomic mass is 19.4. The lowest BCUT2D eigenvalue weighted by molar-refractivity contribution is -0.138.